The molecule has 40 heteroatoms. The summed E-state index contributed by atoms with van der Waals surface area (Å²) in [5.41, 5.74) is 26.5. The normalized spacial score (nSPS) is 27.7. The zero-order valence-corrected chi connectivity index (χ0v) is 47.4. The molecule has 4 aliphatic heterocycles. The molecule has 14 atom stereocenters. The Hall–Kier alpha value is -8.07. The maximum atomic E-state index is 12.1. The predicted molar refractivity (Wildman–Crippen MR) is 297 cm³/mol. The standard InChI is InChI=1S/C20H25N11O8.C16H28N6O4Si.C10H11N5O5/c21-19-26-14-10(16(35)28-19)23-4-30(14)9-1-6(8(3-32)37-9)39-25-2-7-12(33)13(34)18(38-7)31-5-24-11-15(31)27-20(22)29-17(11)36;1-16(2,3)27(4,5)25-7-10-9(21-24)6-11(26-10)22-8-18-12-13(22)19-15(17)20-14(12)23;11-10-13-7-4(8(19)14-10)12-2-15(7)9-6(18)5(17)3(1-16)20-9/h4-9,12-13,18,25,32-34H,1-3H2,(H3,21,26,28,35)(H3,22,27,29,36);8-11,21,24H,6-7H2,1-5H3,(H3,17,19,20,23);1-3,5-6,9,17-18H,(H3,11,13,14,19)/t6-,7+,8+,9+,12+,13+,18+;9-,10+,11+;3-,5-,6-,9-/m001/s1. The molecule has 8 aromatic heterocycles. The summed E-state index contributed by atoms with van der Waals surface area (Å²) in [4.78, 5) is 106. The molecule has 12 rings (SSSR count). The van der Waals surface area contributed by atoms with Gasteiger partial charge >= 0.3 is 0 Å². The van der Waals surface area contributed by atoms with Gasteiger partial charge in [-0.1, -0.05) is 20.8 Å². The highest BCUT2D eigenvalue weighted by Gasteiger charge is 2.47. The summed E-state index contributed by atoms with van der Waals surface area (Å²) in [5.74, 6) is -0.323. The molecule has 0 spiro atoms. The lowest BCUT2D eigenvalue weighted by atomic mass is 10.1. The number of nitrogens with two attached hydrogens (primary N) is 4. The number of carbonyl (C=O) groups is 1. The number of rotatable bonds is 14. The highest BCUT2D eigenvalue weighted by atomic mass is 28.4. The van der Waals surface area contributed by atoms with Crippen molar-refractivity contribution in [3.8, 4) is 0 Å². The Bertz CT molecular complexity index is 4000. The van der Waals surface area contributed by atoms with Gasteiger partial charge in [-0.15, -0.1) is 0 Å². The molecule has 8 aromatic rings. The third-order valence-corrected chi connectivity index (χ3v) is 19.9. The van der Waals surface area contributed by atoms with E-state index in [0.717, 1.165) is 0 Å². The Kier molecular flexibility index (Phi) is 17.0. The smallest absolute Gasteiger partial charge is 0.280 e. The van der Waals surface area contributed by atoms with Crippen LogP contribution in [0.3, 0.4) is 0 Å². The molecule has 0 bridgehead atoms. The topological polar surface area (TPSA) is 576 Å². The second kappa shape index (κ2) is 24.0. The van der Waals surface area contributed by atoms with E-state index in [2.05, 4.69) is 105 Å². The number of aromatic nitrogens is 16. The maximum Gasteiger partial charge on any atom is 0.280 e. The molecule has 4 aliphatic rings. The fraction of sp³-hybridized carbons (Fsp3) is 0.543. The number of H-pyrrole nitrogens is 4. The van der Waals surface area contributed by atoms with Crippen LogP contribution in [0.4, 0.5) is 23.8 Å². The molecule has 0 radical (unpaired) electrons. The summed E-state index contributed by atoms with van der Waals surface area (Å²) in [6.07, 6.45) is -6.04. The quantitative estimate of drug-likeness (QED) is 0.0276. The number of aldehydes is 1. The Morgan fingerprint density at radius 2 is 1.05 bits per heavy atom. The predicted octanol–water partition coefficient (Wildman–Crippen LogP) is -4.92. The van der Waals surface area contributed by atoms with E-state index in [1.54, 1.807) is 4.57 Å². The summed E-state index contributed by atoms with van der Waals surface area (Å²) in [5, 5.41) is 60.2. The first kappa shape index (κ1) is 61.0. The SMILES string of the molecule is CC(C)(C)[Si](C)(C)OC[C@H]1O[C@@H](n2cnc3c(=O)[nH]c(N)nc32)C[C@@H]1NO.Nc1nc2c(ncn2[C@@H]2O[C@H](C=O)[C@@H](O)[C@H]2O)c(=O)[nH]1.Nc1nc2c(ncn2[C@@H]2O[C@H](CNO[C@H]3C[C@H](n4cnc5c(=O)[nH]c(N)nc54)O[C@@H]3CO)[C@@H](O)[C@H]2O)c(=O)[nH]1. The Morgan fingerprint density at radius 1 is 0.628 bits per heavy atom. The number of carbonyl (C=O) groups excluding carboxylic acids is 1. The zero-order chi connectivity index (χ0) is 61.8. The number of aliphatic hydroxyl groups is 5. The lowest BCUT2D eigenvalue weighted by molar-refractivity contribution is -0.122. The van der Waals surface area contributed by atoms with E-state index in [-0.39, 0.29) is 99.6 Å². The van der Waals surface area contributed by atoms with Gasteiger partial charge in [0.05, 0.1) is 57.2 Å². The van der Waals surface area contributed by atoms with Crippen molar-refractivity contribution in [3.63, 3.8) is 0 Å². The molecule has 86 heavy (non-hydrogen) atoms. The van der Waals surface area contributed by atoms with Crippen LogP contribution in [0, 0.1) is 0 Å². The average Bonchev–Trinajstić information content (AvgIpc) is 2.34. The van der Waals surface area contributed by atoms with Gasteiger partial charge in [0, 0.05) is 12.8 Å². The number of aliphatic hydroxyl groups excluding tert-OH is 5. The molecule has 0 amide bonds. The molecular formula is C46H64N22O17Si. The number of anilines is 4. The minimum Gasteiger partial charge on any atom is -0.414 e. The van der Waals surface area contributed by atoms with Gasteiger partial charge in [-0.05, 0) is 18.1 Å². The van der Waals surface area contributed by atoms with Crippen LogP contribution in [-0.2, 0) is 33.0 Å². The molecule has 0 aromatic carbocycles. The molecule has 39 nitrogen and oxygen atoms in total. The fourth-order valence-corrected chi connectivity index (χ4v) is 10.8. The van der Waals surface area contributed by atoms with Crippen molar-refractivity contribution < 1.29 is 63.7 Å². The first-order valence-electron chi connectivity index (χ1n) is 26.5. The highest BCUT2D eigenvalue weighted by molar-refractivity contribution is 6.74. The number of nitrogen functional groups attached to an aromatic ring is 4. The molecule has 20 N–H and O–H groups in total. The minimum absolute atomic E-state index is 0.00149. The van der Waals surface area contributed by atoms with Crippen LogP contribution in [0.25, 0.3) is 44.7 Å². The number of aromatic amines is 4. The van der Waals surface area contributed by atoms with Gasteiger partial charge in [-0.25, -0.2) is 19.9 Å². The minimum atomic E-state index is -1.94. The van der Waals surface area contributed by atoms with Crippen LogP contribution < -0.4 is 56.1 Å². The molecule has 0 aliphatic carbocycles. The highest BCUT2D eigenvalue weighted by Crippen LogP contribution is 2.39. The third kappa shape index (κ3) is 11.7. The first-order chi connectivity index (χ1) is 40.8. The van der Waals surface area contributed by atoms with Gasteiger partial charge in [0.1, 0.15) is 61.3 Å². The number of hydrogen-bond donors (Lipinski definition) is 16. The number of hydroxylamine groups is 2. The molecule has 4 fully saturated rings. The van der Waals surface area contributed by atoms with Gasteiger partial charge in [0.15, 0.2) is 71.7 Å². The van der Waals surface area contributed by atoms with E-state index < -0.39 is 104 Å². The van der Waals surface area contributed by atoms with Gasteiger partial charge in [0.2, 0.25) is 23.8 Å². The van der Waals surface area contributed by atoms with Crippen molar-refractivity contribution in [2.24, 2.45) is 0 Å². The van der Waals surface area contributed by atoms with Crippen molar-refractivity contribution in [1.29, 1.82) is 0 Å². The van der Waals surface area contributed by atoms with Crippen LogP contribution in [0.2, 0.25) is 18.1 Å². The van der Waals surface area contributed by atoms with Crippen molar-refractivity contribution >= 4 is 83.1 Å². The molecule has 0 saturated carbocycles. The summed E-state index contributed by atoms with van der Waals surface area (Å²) in [7, 11) is -1.94. The summed E-state index contributed by atoms with van der Waals surface area (Å²) in [6.45, 7) is 10.8. The van der Waals surface area contributed by atoms with Crippen molar-refractivity contribution in [2.45, 2.75) is 138 Å². The molecule has 0 unspecified atom stereocenters. The van der Waals surface area contributed by atoms with Crippen LogP contribution in [0.5, 0.6) is 0 Å². The van der Waals surface area contributed by atoms with Crippen molar-refractivity contribution in [3.05, 3.63) is 66.7 Å². The van der Waals surface area contributed by atoms with Gasteiger partial charge < -0.3 is 81.8 Å². The van der Waals surface area contributed by atoms with Crippen LogP contribution in [-0.4, -0.2) is 204 Å². The zero-order valence-electron chi connectivity index (χ0n) is 46.4. The van der Waals surface area contributed by atoms with Crippen LogP contribution >= 0.6 is 0 Å². The van der Waals surface area contributed by atoms with Crippen molar-refractivity contribution in [1.82, 2.24) is 89.0 Å². The third-order valence-electron chi connectivity index (χ3n) is 15.4. The fourth-order valence-electron chi connectivity index (χ4n) is 9.82. The van der Waals surface area contributed by atoms with E-state index in [1.807, 2.05) is 0 Å². The first-order valence-corrected chi connectivity index (χ1v) is 29.4. The largest absolute Gasteiger partial charge is 0.414 e. The molecular weight excluding hydrogens is 1160 g/mol. The van der Waals surface area contributed by atoms with Gasteiger partial charge in [-0.3, -0.25) is 62.2 Å². The summed E-state index contributed by atoms with van der Waals surface area (Å²) in [6, 6.07) is -0.309. The van der Waals surface area contributed by atoms with Gasteiger partial charge in [-0.2, -0.15) is 30.9 Å². The van der Waals surface area contributed by atoms with Crippen LogP contribution in [0.1, 0.15) is 58.5 Å². The number of hydrogen-bond acceptors (Lipinski definition) is 31. The lowest BCUT2D eigenvalue weighted by Gasteiger charge is -2.37. The van der Waals surface area contributed by atoms with E-state index in [1.165, 1.54) is 39.0 Å². The van der Waals surface area contributed by atoms with E-state index in [4.69, 9.17) is 51.1 Å². The van der Waals surface area contributed by atoms with E-state index in [0.29, 0.717) is 25.0 Å². The molecule has 4 saturated heterocycles. The van der Waals surface area contributed by atoms with Crippen molar-refractivity contribution in [2.75, 3.05) is 42.7 Å². The van der Waals surface area contributed by atoms with E-state index >= 15 is 0 Å². The summed E-state index contributed by atoms with van der Waals surface area (Å²) >= 11 is 0. The van der Waals surface area contributed by atoms with Gasteiger partial charge in [0.25, 0.3) is 22.2 Å². The number of imidazole rings is 4. The number of nitrogens with one attached hydrogen (secondary N) is 6. The van der Waals surface area contributed by atoms with E-state index in [9.17, 15) is 54.7 Å². The lowest BCUT2D eigenvalue weighted by Crippen LogP contribution is -2.45. The Labute approximate surface area is 481 Å². The second-order valence-corrected chi connectivity index (χ2v) is 26.8. The van der Waals surface area contributed by atoms with Crippen LogP contribution in [0.15, 0.2) is 44.5 Å². The molecule has 12 heterocycles. The number of ether oxygens (including phenoxy) is 4. The Morgan fingerprint density at radius 3 is 1.48 bits per heavy atom. The number of fused-ring (bicyclic) bond motifs is 4. The Balaban J connectivity index is 0.000000152. The average molecular weight is 1230 g/mol. The second-order valence-electron chi connectivity index (χ2n) is 22.0. The summed E-state index contributed by atoms with van der Waals surface area (Å²) < 4.78 is 35.1. The monoisotopic (exact) mass is 1220 g/mol. The number of nitrogens with zero attached hydrogens (tertiary/aromatic N) is 12. The molecule has 464 valence electrons. The maximum absolute atomic E-state index is 12.1.